The predicted octanol–water partition coefficient (Wildman–Crippen LogP) is 3.78. The fraction of sp³-hybridized carbons (Fsp3) is 0.133. The third-order valence-electron chi connectivity index (χ3n) is 2.77. The number of nitrogens with zero attached hydrogens (tertiary/aromatic N) is 2. The monoisotopic (exact) mass is 362 g/mol. The third kappa shape index (κ3) is 4.61. The second-order valence-corrected chi connectivity index (χ2v) is 5.78. The van der Waals surface area contributed by atoms with E-state index in [0.29, 0.717) is 5.11 Å². The summed E-state index contributed by atoms with van der Waals surface area (Å²) in [5.74, 6) is 0. The van der Waals surface area contributed by atoms with Gasteiger partial charge in [-0.2, -0.15) is 5.10 Å². The number of pyridine rings is 1. The molecule has 0 radical (unpaired) electrons. The Balaban J connectivity index is 1.95. The molecule has 108 valence electrons. The van der Waals surface area contributed by atoms with Crippen LogP contribution in [0, 0.1) is 13.8 Å². The third-order valence-corrected chi connectivity index (χ3v) is 3.63. The highest BCUT2D eigenvalue weighted by molar-refractivity contribution is 9.10. The van der Waals surface area contributed by atoms with Gasteiger partial charge in [0.1, 0.15) is 0 Å². The molecule has 2 rings (SSSR count). The highest BCUT2D eigenvalue weighted by Crippen LogP contribution is 2.15. The van der Waals surface area contributed by atoms with E-state index in [4.69, 9.17) is 12.2 Å². The largest absolute Gasteiger partial charge is 0.331 e. The van der Waals surface area contributed by atoms with Crippen molar-refractivity contribution in [1.82, 2.24) is 10.4 Å². The van der Waals surface area contributed by atoms with Gasteiger partial charge in [-0.05, 0) is 65.8 Å². The number of nitrogens with one attached hydrogen (secondary N) is 2. The highest BCUT2D eigenvalue weighted by Gasteiger charge is 2.01. The van der Waals surface area contributed by atoms with E-state index in [2.05, 4.69) is 49.7 Å². The number of hydrogen-bond acceptors (Lipinski definition) is 3. The van der Waals surface area contributed by atoms with Gasteiger partial charge in [0.05, 0.1) is 11.9 Å². The normalized spacial score (nSPS) is 10.6. The maximum absolute atomic E-state index is 5.21. The molecule has 1 heterocycles. The molecule has 1 aromatic heterocycles. The van der Waals surface area contributed by atoms with Crippen molar-refractivity contribution in [3.05, 3.63) is 57.8 Å². The van der Waals surface area contributed by atoms with E-state index in [9.17, 15) is 0 Å². The Morgan fingerprint density at radius 3 is 2.86 bits per heavy atom. The fourth-order valence-electron chi connectivity index (χ4n) is 1.75. The summed E-state index contributed by atoms with van der Waals surface area (Å²) >= 11 is 8.61. The minimum atomic E-state index is 0.435. The number of aryl methyl sites for hydroxylation is 2. The number of hydrogen-bond donors (Lipinski definition) is 2. The summed E-state index contributed by atoms with van der Waals surface area (Å²) < 4.78 is 0.879. The number of rotatable bonds is 3. The quantitative estimate of drug-likeness (QED) is 0.495. The van der Waals surface area contributed by atoms with Crippen LogP contribution in [0.3, 0.4) is 0 Å². The van der Waals surface area contributed by atoms with Gasteiger partial charge in [0.2, 0.25) is 0 Å². The number of hydrazone groups is 1. The minimum absolute atomic E-state index is 0.435. The van der Waals surface area contributed by atoms with Gasteiger partial charge in [-0.3, -0.25) is 10.4 Å². The lowest BCUT2D eigenvalue weighted by Crippen LogP contribution is -2.24. The Hall–Kier alpha value is -1.79. The lowest BCUT2D eigenvalue weighted by atomic mass is 10.1. The molecule has 2 N–H and O–H groups in total. The SMILES string of the molecule is Cc1ccc(NC(=S)N/N=C/c2ncccc2Br)c(C)c1. The second kappa shape index (κ2) is 7.28. The van der Waals surface area contributed by atoms with Gasteiger partial charge < -0.3 is 5.32 Å². The van der Waals surface area contributed by atoms with Gasteiger partial charge in [0.15, 0.2) is 5.11 Å². The van der Waals surface area contributed by atoms with Crippen molar-refractivity contribution in [3.8, 4) is 0 Å². The molecule has 0 amide bonds. The van der Waals surface area contributed by atoms with Crippen LogP contribution in [0.4, 0.5) is 5.69 Å². The van der Waals surface area contributed by atoms with Crippen molar-refractivity contribution in [2.75, 3.05) is 5.32 Å². The summed E-state index contributed by atoms with van der Waals surface area (Å²) in [7, 11) is 0. The molecule has 0 unspecified atom stereocenters. The molecular formula is C15H15BrN4S. The number of aromatic nitrogens is 1. The van der Waals surface area contributed by atoms with Crippen LogP contribution in [0.25, 0.3) is 0 Å². The standard InChI is InChI=1S/C15H15BrN4S/c1-10-5-6-13(11(2)8-10)19-15(21)20-18-9-14-12(16)4-3-7-17-14/h3-9H,1-2H3,(H2,19,20,21)/b18-9+. The minimum Gasteiger partial charge on any atom is -0.331 e. The zero-order valence-electron chi connectivity index (χ0n) is 11.7. The molecule has 0 saturated carbocycles. The first-order valence-corrected chi connectivity index (χ1v) is 7.54. The topological polar surface area (TPSA) is 49.3 Å². The average Bonchev–Trinajstić information content (AvgIpc) is 2.44. The Bertz CT molecular complexity index is 685. The van der Waals surface area contributed by atoms with Gasteiger partial charge in [-0.15, -0.1) is 0 Å². The van der Waals surface area contributed by atoms with E-state index in [-0.39, 0.29) is 0 Å². The second-order valence-electron chi connectivity index (χ2n) is 4.51. The van der Waals surface area contributed by atoms with Crippen LogP contribution >= 0.6 is 28.1 Å². The van der Waals surface area contributed by atoms with Crippen molar-refractivity contribution in [2.24, 2.45) is 5.10 Å². The Kier molecular flexibility index (Phi) is 5.41. The smallest absolute Gasteiger partial charge is 0.191 e. The van der Waals surface area contributed by atoms with E-state index in [1.807, 2.05) is 31.2 Å². The highest BCUT2D eigenvalue weighted by atomic mass is 79.9. The molecule has 0 spiro atoms. The van der Waals surface area contributed by atoms with E-state index in [1.165, 1.54) is 5.56 Å². The number of halogens is 1. The fourth-order valence-corrected chi connectivity index (χ4v) is 2.27. The molecule has 0 aliphatic rings. The van der Waals surface area contributed by atoms with Crippen molar-refractivity contribution in [2.45, 2.75) is 13.8 Å². The molecule has 6 heteroatoms. The van der Waals surface area contributed by atoms with E-state index in [0.717, 1.165) is 21.4 Å². The van der Waals surface area contributed by atoms with Gasteiger partial charge in [-0.25, -0.2) is 0 Å². The van der Waals surface area contributed by atoms with Crippen LogP contribution in [-0.2, 0) is 0 Å². The van der Waals surface area contributed by atoms with Crippen LogP contribution in [0.5, 0.6) is 0 Å². The molecule has 21 heavy (non-hydrogen) atoms. The Labute approximate surface area is 137 Å². The molecule has 0 fully saturated rings. The first-order valence-electron chi connectivity index (χ1n) is 6.34. The van der Waals surface area contributed by atoms with Crippen molar-refractivity contribution in [3.63, 3.8) is 0 Å². The zero-order valence-corrected chi connectivity index (χ0v) is 14.1. The first-order chi connectivity index (χ1) is 10.1. The molecule has 0 atom stereocenters. The summed E-state index contributed by atoms with van der Waals surface area (Å²) in [5.41, 5.74) is 6.83. The lowest BCUT2D eigenvalue weighted by Gasteiger charge is -2.10. The predicted molar refractivity (Wildman–Crippen MR) is 94.8 cm³/mol. The van der Waals surface area contributed by atoms with Crippen LogP contribution < -0.4 is 10.7 Å². The van der Waals surface area contributed by atoms with Crippen molar-refractivity contribution in [1.29, 1.82) is 0 Å². The summed E-state index contributed by atoms with van der Waals surface area (Å²) in [6.45, 7) is 4.09. The van der Waals surface area contributed by atoms with E-state index < -0.39 is 0 Å². The van der Waals surface area contributed by atoms with E-state index in [1.54, 1.807) is 12.4 Å². The first kappa shape index (κ1) is 15.6. The maximum atomic E-state index is 5.21. The molecule has 0 aliphatic heterocycles. The summed E-state index contributed by atoms with van der Waals surface area (Å²) in [6.07, 6.45) is 3.32. The Morgan fingerprint density at radius 1 is 1.33 bits per heavy atom. The van der Waals surface area contributed by atoms with Gasteiger partial charge in [0, 0.05) is 16.4 Å². The summed E-state index contributed by atoms with van der Waals surface area (Å²) in [4.78, 5) is 4.18. The van der Waals surface area contributed by atoms with Crippen molar-refractivity contribution >= 4 is 45.2 Å². The van der Waals surface area contributed by atoms with Crippen LogP contribution in [0.1, 0.15) is 16.8 Å². The van der Waals surface area contributed by atoms with Gasteiger partial charge in [0.25, 0.3) is 0 Å². The molecule has 1 aromatic carbocycles. The lowest BCUT2D eigenvalue weighted by molar-refractivity contribution is 1.05. The van der Waals surface area contributed by atoms with Crippen LogP contribution in [0.2, 0.25) is 0 Å². The van der Waals surface area contributed by atoms with Crippen LogP contribution in [-0.4, -0.2) is 16.3 Å². The molecule has 4 nitrogen and oxygen atoms in total. The van der Waals surface area contributed by atoms with E-state index >= 15 is 0 Å². The zero-order chi connectivity index (χ0) is 15.2. The van der Waals surface area contributed by atoms with Gasteiger partial charge in [-0.1, -0.05) is 17.7 Å². The average molecular weight is 363 g/mol. The number of thiocarbonyl (C=S) groups is 1. The Morgan fingerprint density at radius 2 is 2.14 bits per heavy atom. The van der Waals surface area contributed by atoms with Crippen LogP contribution in [0.15, 0.2) is 46.1 Å². The summed E-state index contributed by atoms with van der Waals surface area (Å²) in [5, 5.41) is 7.62. The molecule has 0 aliphatic carbocycles. The molecule has 0 saturated heterocycles. The molecule has 2 aromatic rings. The van der Waals surface area contributed by atoms with Gasteiger partial charge >= 0.3 is 0 Å². The molecular weight excluding hydrogens is 348 g/mol. The van der Waals surface area contributed by atoms with Crippen molar-refractivity contribution < 1.29 is 0 Å². The molecule has 0 bridgehead atoms. The number of anilines is 1. The summed E-state index contributed by atoms with van der Waals surface area (Å²) in [6, 6.07) is 9.88. The maximum Gasteiger partial charge on any atom is 0.191 e. The number of benzene rings is 1.